The number of nitrogens with two attached hydrogens (primary N) is 1. The van der Waals surface area contributed by atoms with E-state index in [1.807, 2.05) is 6.07 Å². The second kappa shape index (κ2) is 3.28. The molecule has 0 aliphatic rings. The zero-order valence-corrected chi connectivity index (χ0v) is 8.95. The zero-order chi connectivity index (χ0) is 11.1. The first kappa shape index (κ1) is 9.30. The molecule has 0 spiro atoms. The number of aromatic amines is 1. The molecule has 0 saturated heterocycles. The maximum atomic E-state index is 5.91. The van der Waals surface area contributed by atoms with Crippen molar-refractivity contribution < 1.29 is 4.42 Å². The monoisotopic (exact) mass is 233 g/mol. The fourth-order valence-electron chi connectivity index (χ4n) is 1.64. The fourth-order valence-corrected chi connectivity index (χ4v) is 1.87. The number of H-pyrrole nitrogens is 1. The quantitative estimate of drug-likeness (QED) is 0.635. The molecule has 3 N–H and O–H groups in total. The minimum atomic E-state index is 0.563. The number of nitrogens with zero attached hydrogens (tertiary/aromatic N) is 1. The summed E-state index contributed by atoms with van der Waals surface area (Å²) in [7, 11) is 0. The Morgan fingerprint density at radius 2 is 2.25 bits per heavy atom. The molecular weight excluding hydrogens is 226 g/mol. The van der Waals surface area contributed by atoms with Gasteiger partial charge in [0.2, 0.25) is 0 Å². The molecule has 1 aromatic carbocycles. The topological polar surface area (TPSA) is 67.8 Å². The van der Waals surface area contributed by atoms with E-state index in [9.17, 15) is 0 Å². The molecule has 5 heteroatoms. The Labute approximate surface area is 96.0 Å². The average molecular weight is 234 g/mol. The average Bonchev–Trinajstić information content (AvgIpc) is 2.82. The van der Waals surface area contributed by atoms with Gasteiger partial charge in [0.25, 0.3) is 0 Å². The van der Waals surface area contributed by atoms with Crippen molar-refractivity contribution in [2.24, 2.45) is 0 Å². The Morgan fingerprint density at radius 1 is 1.38 bits per heavy atom. The number of anilines is 1. The van der Waals surface area contributed by atoms with E-state index >= 15 is 0 Å². The molecule has 3 aromatic rings. The molecule has 0 radical (unpaired) electrons. The predicted molar refractivity (Wildman–Crippen MR) is 63.2 cm³/mol. The Bertz CT molecular complexity index is 643. The van der Waals surface area contributed by atoms with Gasteiger partial charge < -0.3 is 15.1 Å². The molecule has 0 fully saturated rings. The second-order valence-electron chi connectivity index (χ2n) is 3.49. The van der Waals surface area contributed by atoms with Crippen LogP contribution in [0.25, 0.3) is 22.4 Å². The molecule has 0 unspecified atom stereocenters. The number of fused-ring (bicyclic) bond motifs is 1. The van der Waals surface area contributed by atoms with E-state index in [0.29, 0.717) is 10.7 Å². The fraction of sp³-hybridized carbons (Fsp3) is 0. The van der Waals surface area contributed by atoms with Gasteiger partial charge in [-0.2, -0.15) is 0 Å². The van der Waals surface area contributed by atoms with Gasteiger partial charge in [-0.15, -0.1) is 0 Å². The highest BCUT2D eigenvalue weighted by Crippen LogP contribution is 2.27. The van der Waals surface area contributed by atoms with Gasteiger partial charge in [-0.25, -0.2) is 4.98 Å². The van der Waals surface area contributed by atoms with E-state index in [0.717, 1.165) is 22.4 Å². The molecule has 0 bridgehead atoms. The normalized spacial score (nSPS) is 11.1. The van der Waals surface area contributed by atoms with Gasteiger partial charge in [0.05, 0.1) is 23.0 Å². The number of furan rings is 1. The molecule has 0 atom stereocenters. The number of rotatable bonds is 1. The maximum Gasteiger partial charge on any atom is 0.141 e. The zero-order valence-electron chi connectivity index (χ0n) is 8.20. The van der Waals surface area contributed by atoms with E-state index in [1.54, 1.807) is 24.7 Å². The van der Waals surface area contributed by atoms with Crippen LogP contribution < -0.4 is 5.73 Å². The van der Waals surface area contributed by atoms with Crippen LogP contribution in [-0.2, 0) is 0 Å². The Morgan fingerprint density at radius 3 is 3.00 bits per heavy atom. The summed E-state index contributed by atoms with van der Waals surface area (Å²) in [5, 5.41) is 0.590. The van der Waals surface area contributed by atoms with Crippen molar-refractivity contribution in [2.75, 3.05) is 5.73 Å². The Kier molecular flexibility index (Phi) is 1.91. The lowest BCUT2D eigenvalue weighted by Crippen LogP contribution is -1.86. The standard InChI is InChI=1S/C11H8ClN3O/c12-7-3-8(13)10-9(4-7)14-11(15-10)6-1-2-16-5-6/h1-5H,13H2,(H,14,15). The Balaban J connectivity index is 2.27. The van der Waals surface area contributed by atoms with E-state index < -0.39 is 0 Å². The highest BCUT2D eigenvalue weighted by molar-refractivity contribution is 6.31. The van der Waals surface area contributed by atoms with E-state index in [1.165, 1.54) is 0 Å². The van der Waals surface area contributed by atoms with Crippen LogP contribution in [0.3, 0.4) is 0 Å². The van der Waals surface area contributed by atoms with Crippen LogP contribution in [0.1, 0.15) is 0 Å². The third-order valence-electron chi connectivity index (χ3n) is 2.38. The molecule has 0 amide bonds. The number of benzene rings is 1. The second-order valence-corrected chi connectivity index (χ2v) is 3.93. The first-order valence-corrected chi connectivity index (χ1v) is 5.09. The lowest BCUT2D eigenvalue weighted by atomic mass is 10.3. The lowest BCUT2D eigenvalue weighted by Gasteiger charge is -1.94. The summed E-state index contributed by atoms with van der Waals surface area (Å²) in [5.74, 6) is 0.720. The summed E-state index contributed by atoms with van der Waals surface area (Å²) in [5.41, 5.74) is 8.82. The first-order valence-electron chi connectivity index (χ1n) is 4.71. The molecule has 0 saturated carbocycles. The summed E-state index contributed by atoms with van der Waals surface area (Å²) >= 11 is 5.91. The van der Waals surface area contributed by atoms with Gasteiger partial charge >= 0.3 is 0 Å². The van der Waals surface area contributed by atoms with Gasteiger partial charge in [0, 0.05) is 5.02 Å². The first-order chi connectivity index (χ1) is 7.74. The largest absolute Gasteiger partial charge is 0.472 e. The maximum absolute atomic E-state index is 5.91. The summed E-state index contributed by atoms with van der Waals surface area (Å²) in [6.07, 6.45) is 3.22. The van der Waals surface area contributed by atoms with E-state index in [-0.39, 0.29) is 0 Å². The van der Waals surface area contributed by atoms with Crippen molar-refractivity contribution in [3.8, 4) is 11.4 Å². The molecule has 2 aromatic heterocycles. The molecule has 4 nitrogen and oxygen atoms in total. The van der Waals surface area contributed by atoms with Gasteiger partial charge in [0.1, 0.15) is 17.6 Å². The van der Waals surface area contributed by atoms with E-state index in [4.69, 9.17) is 21.8 Å². The molecule has 3 rings (SSSR count). The van der Waals surface area contributed by atoms with Crippen molar-refractivity contribution in [1.29, 1.82) is 0 Å². The van der Waals surface area contributed by atoms with Crippen LogP contribution in [0.4, 0.5) is 5.69 Å². The van der Waals surface area contributed by atoms with Gasteiger partial charge in [0.15, 0.2) is 0 Å². The summed E-state index contributed by atoms with van der Waals surface area (Å²) in [6.45, 7) is 0. The minimum absolute atomic E-state index is 0.563. The number of aromatic nitrogens is 2. The number of imidazole rings is 1. The summed E-state index contributed by atoms with van der Waals surface area (Å²) < 4.78 is 5.00. The van der Waals surface area contributed by atoms with Crippen LogP contribution in [0.15, 0.2) is 35.1 Å². The molecule has 2 heterocycles. The van der Waals surface area contributed by atoms with Crippen molar-refractivity contribution in [1.82, 2.24) is 9.97 Å². The molecule has 0 aliphatic heterocycles. The SMILES string of the molecule is Nc1cc(Cl)cc2[nH]c(-c3ccoc3)nc12. The van der Waals surface area contributed by atoms with Crippen LogP contribution in [-0.4, -0.2) is 9.97 Å². The number of halogens is 1. The number of hydrogen-bond acceptors (Lipinski definition) is 3. The predicted octanol–water partition coefficient (Wildman–Crippen LogP) is 3.06. The molecule has 80 valence electrons. The van der Waals surface area contributed by atoms with Crippen molar-refractivity contribution in [2.45, 2.75) is 0 Å². The summed E-state index contributed by atoms with van der Waals surface area (Å²) in [6, 6.07) is 5.31. The number of hydrogen-bond donors (Lipinski definition) is 2. The van der Waals surface area contributed by atoms with Gasteiger partial charge in [-0.3, -0.25) is 0 Å². The van der Waals surface area contributed by atoms with Crippen molar-refractivity contribution in [3.63, 3.8) is 0 Å². The van der Waals surface area contributed by atoms with Crippen LogP contribution in [0.2, 0.25) is 5.02 Å². The summed E-state index contributed by atoms with van der Waals surface area (Å²) in [4.78, 5) is 7.54. The minimum Gasteiger partial charge on any atom is -0.472 e. The molecule has 0 aliphatic carbocycles. The lowest BCUT2D eigenvalue weighted by molar-refractivity contribution is 0.568. The Hall–Kier alpha value is -1.94. The van der Waals surface area contributed by atoms with Crippen molar-refractivity contribution in [3.05, 3.63) is 35.7 Å². The van der Waals surface area contributed by atoms with E-state index in [2.05, 4.69) is 9.97 Å². The number of nitrogens with one attached hydrogen (secondary N) is 1. The third-order valence-corrected chi connectivity index (χ3v) is 2.59. The smallest absolute Gasteiger partial charge is 0.141 e. The third kappa shape index (κ3) is 1.35. The van der Waals surface area contributed by atoms with Crippen LogP contribution in [0, 0.1) is 0 Å². The van der Waals surface area contributed by atoms with Crippen LogP contribution in [0.5, 0.6) is 0 Å². The van der Waals surface area contributed by atoms with Gasteiger partial charge in [-0.05, 0) is 18.2 Å². The van der Waals surface area contributed by atoms with Gasteiger partial charge in [-0.1, -0.05) is 11.6 Å². The molecular formula is C11H8ClN3O. The van der Waals surface area contributed by atoms with Crippen molar-refractivity contribution >= 4 is 28.3 Å². The van der Waals surface area contributed by atoms with Crippen LogP contribution >= 0.6 is 11.6 Å². The highest BCUT2D eigenvalue weighted by atomic mass is 35.5. The number of nitrogen functional groups attached to an aromatic ring is 1. The highest BCUT2D eigenvalue weighted by Gasteiger charge is 2.09. The molecule has 16 heavy (non-hydrogen) atoms.